The lowest BCUT2D eigenvalue weighted by Crippen LogP contribution is -2.16. The molecule has 1 unspecified atom stereocenters. The average Bonchev–Trinajstić information content (AvgIpc) is 3.04. The second-order valence-corrected chi connectivity index (χ2v) is 8.10. The van der Waals surface area contributed by atoms with Gasteiger partial charge in [0.1, 0.15) is 5.75 Å². The number of hydrogen-bond donors (Lipinski definition) is 1. The number of para-hydroxylation sites is 1. The summed E-state index contributed by atoms with van der Waals surface area (Å²) in [5.74, 6) is 1.49. The number of hydrogen-bond acceptors (Lipinski definition) is 5. The predicted molar refractivity (Wildman–Crippen MR) is 117 cm³/mol. The van der Waals surface area contributed by atoms with Gasteiger partial charge in [0.25, 0.3) is 0 Å². The summed E-state index contributed by atoms with van der Waals surface area (Å²) in [6.45, 7) is 5.85. The molecule has 0 saturated heterocycles. The lowest BCUT2D eigenvalue weighted by atomic mass is 10.1. The monoisotopic (exact) mass is 430 g/mol. The van der Waals surface area contributed by atoms with Crippen LogP contribution >= 0.6 is 23.4 Å². The fraction of sp³-hybridized carbons (Fsp3) is 0.286. The van der Waals surface area contributed by atoms with Gasteiger partial charge in [0, 0.05) is 17.8 Å². The Labute approximate surface area is 179 Å². The fourth-order valence-electron chi connectivity index (χ4n) is 2.92. The molecule has 0 bridgehead atoms. The summed E-state index contributed by atoms with van der Waals surface area (Å²) < 4.78 is 7.75. The van der Waals surface area contributed by atoms with E-state index in [1.165, 1.54) is 11.8 Å². The first-order valence-corrected chi connectivity index (χ1v) is 10.5. The van der Waals surface area contributed by atoms with E-state index in [9.17, 15) is 4.79 Å². The van der Waals surface area contributed by atoms with Gasteiger partial charge >= 0.3 is 0 Å². The zero-order chi connectivity index (χ0) is 21.0. The third-order valence-corrected chi connectivity index (χ3v) is 5.67. The highest BCUT2D eigenvalue weighted by Gasteiger charge is 2.18. The number of anilines is 1. The number of aryl methyl sites for hydroxylation is 2. The third kappa shape index (κ3) is 5.31. The van der Waals surface area contributed by atoms with E-state index in [0.717, 1.165) is 16.8 Å². The van der Waals surface area contributed by atoms with Crippen LogP contribution in [-0.2, 0) is 11.8 Å². The molecule has 29 heavy (non-hydrogen) atoms. The maximum Gasteiger partial charge on any atom is 0.234 e. The van der Waals surface area contributed by atoms with Crippen LogP contribution in [0.2, 0.25) is 5.02 Å². The minimum absolute atomic E-state index is 0.0832. The Balaban J connectivity index is 1.61. The fourth-order valence-corrected chi connectivity index (χ4v) is 3.82. The molecule has 152 valence electrons. The maximum absolute atomic E-state index is 12.4. The normalized spacial score (nSPS) is 11.9. The van der Waals surface area contributed by atoms with Crippen LogP contribution in [0.15, 0.2) is 47.6 Å². The zero-order valence-corrected chi connectivity index (χ0v) is 18.3. The van der Waals surface area contributed by atoms with Crippen LogP contribution in [0, 0.1) is 13.8 Å². The molecule has 0 radical (unpaired) electrons. The standard InChI is InChI=1S/C21H23ClN4O2S/c1-13-7-5-8-14(2)19(13)23-18(27)12-29-21-25-24-20(26(21)4)15(3)28-17-10-6-9-16(22)11-17/h5-11,15H,12H2,1-4H3,(H,23,27). The van der Waals surface area contributed by atoms with Crippen molar-refractivity contribution in [2.75, 3.05) is 11.1 Å². The quantitative estimate of drug-likeness (QED) is 0.536. The Morgan fingerprint density at radius 3 is 2.59 bits per heavy atom. The number of nitrogens with zero attached hydrogens (tertiary/aromatic N) is 3. The summed E-state index contributed by atoms with van der Waals surface area (Å²) in [5.41, 5.74) is 2.94. The van der Waals surface area contributed by atoms with E-state index < -0.39 is 0 Å². The molecule has 0 aliphatic heterocycles. The first-order valence-electron chi connectivity index (χ1n) is 9.15. The molecule has 1 atom stereocenters. The van der Waals surface area contributed by atoms with E-state index in [-0.39, 0.29) is 17.8 Å². The molecule has 1 N–H and O–H groups in total. The highest BCUT2D eigenvalue weighted by Crippen LogP contribution is 2.26. The average molecular weight is 431 g/mol. The number of nitrogens with one attached hydrogen (secondary N) is 1. The van der Waals surface area contributed by atoms with Gasteiger partial charge in [0.05, 0.1) is 5.75 Å². The second-order valence-electron chi connectivity index (χ2n) is 6.72. The van der Waals surface area contributed by atoms with Gasteiger partial charge in [-0.15, -0.1) is 10.2 Å². The summed E-state index contributed by atoms with van der Waals surface area (Å²) in [7, 11) is 1.86. The number of aromatic nitrogens is 3. The molecule has 2 aromatic carbocycles. The van der Waals surface area contributed by atoms with Crippen molar-refractivity contribution in [3.8, 4) is 5.75 Å². The van der Waals surface area contributed by atoms with Gasteiger partial charge in [0.2, 0.25) is 5.91 Å². The van der Waals surface area contributed by atoms with Crippen LogP contribution in [0.4, 0.5) is 5.69 Å². The summed E-state index contributed by atoms with van der Waals surface area (Å²) in [5, 5.41) is 12.7. The van der Waals surface area contributed by atoms with Gasteiger partial charge in [-0.05, 0) is 50.1 Å². The van der Waals surface area contributed by atoms with Gasteiger partial charge in [0.15, 0.2) is 17.1 Å². The van der Waals surface area contributed by atoms with E-state index in [1.54, 1.807) is 12.1 Å². The molecule has 0 fully saturated rings. The first-order chi connectivity index (χ1) is 13.8. The van der Waals surface area contributed by atoms with Crippen LogP contribution in [0.1, 0.15) is 30.0 Å². The minimum atomic E-state index is -0.316. The Morgan fingerprint density at radius 1 is 1.21 bits per heavy atom. The van der Waals surface area contributed by atoms with Crippen molar-refractivity contribution in [3.05, 3.63) is 64.4 Å². The smallest absolute Gasteiger partial charge is 0.234 e. The highest BCUT2D eigenvalue weighted by atomic mass is 35.5. The van der Waals surface area contributed by atoms with Gasteiger partial charge in [-0.25, -0.2) is 0 Å². The molecule has 3 aromatic rings. The summed E-state index contributed by atoms with van der Waals surface area (Å²) in [6.07, 6.45) is -0.316. The van der Waals surface area contributed by atoms with E-state index in [4.69, 9.17) is 16.3 Å². The molecule has 3 rings (SSSR count). The molecule has 1 heterocycles. The SMILES string of the molecule is Cc1cccc(C)c1NC(=O)CSc1nnc(C(C)Oc2cccc(Cl)c2)n1C. The maximum atomic E-state index is 12.4. The van der Waals surface area contributed by atoms with Crippen LogP contribution in [0.3, 0.4) is 0 Å². The van der Waals surface area contributed by atoms with Gasteiger partial charge in [-0.1, -0.05) is 47.6 Å². The second kappa shape index (κ2) is 9.33. The van der Waals surface area contributed by atoms with Crippen molar-refractivity contribution >= 4 is 35.0 Å². The van der Waals surface area contributed by atoms with Crippen molar-refractivity contribution in [2.45, 2.75) is 32.0 Å². The molecule has 0 aliphatic rings. The molecular weight excluding hydrogens is 408 g/mol. The van der Waals surface area contributed by atoms with Crippen LogP contribution in [0.5, 0.6) is 5.75 Å². The topological polar surface area (TPSA) is 69.0 Å². The number of benzene rings is 2. The van der Waals surface area contributed by atoms with Crippen molar-refractivity contribution in [2.24, 2.45) is 7.05 Å². The lowest BCUT2D eigenvalue weighted by Gasteiger charge is -2.14. The minimum Gasteiger partial charge on any atom is -0.483 e. The Bertz CT molecular complexity index is 1000. The van der Waals surface area contributed by atoms with E-state index in [0.29, 0.717) is 21.8 Å². The van der Waals surface area contributed by atoms with E-state index >= 15 is 0 Å². The summed E-state index contributed by atoms with van der Waals surface area (Å²) in [4.78, 5) is 12.4. The van der Waals surface area contributed by atoms with Crippen molar-refractivity contribution < 1.29 is 9.53 Å². The molecule has 0 saturated carbocycles. The number of rotatable bonds is 7. The lowest BCUT2D eigenvalue weighted by molar-refractivity contribution is -0.113. The van der Waals surface area contributed by atoms with E-state index in [2.05, 4.69) is 15.5 Å². The molecule has 1 aromatic heterocycles. The number of ether oxygens (including phenoxy) is 1. The van der Waals surface area contributed by atoms with Crippen LogP contribution in [0.25, 0.3) is 0 Å². The number of thioether (sulfide) groups is 1. The summed E-state index contributed by atoms with van der Waals surface area (Å²) in [6, 6.07) is 13.1. The Hall–Kier alpha value is -2.51. The molecule has 0 aliphatic carbocycles. The first kappa shape index (κ1) is 21.2. The van der Waals surface area contributed by atoms with Crippen LogP contribution in [-0.4, -0.2) is 26.4 Å². The molecule has 8 heteroatoms. The van der Waals surface area contributed by atoms with Crippen molar-refractivity contribution in [1.82, 2.24) is 14.8 Å². The largest absolute Gasteiger partial charge is 0.483 e. The molecule has 6 nitrogen and oxygen atoms in total. The molecule has 1 amide bonds. The van der Waals surface area contributed by atoms with Crippen molar-refractivity contribution in [3.63, 3.8) is 0 Å². The van der Waals surface area contributed by atoms with Gasteiger partial charge < -0.3 is 14.6 Å². The zero-order valence-electron chi connectivity index (χ0n) is 16.8. The molecular formula is C21H23ClN4O2S. The number of carbonyl (C=O) groups is 1. The van der Waals surface area contributed by atoms with Crippen LogP contribution < -0.4 is 10.1 Å². The predicted octanol–water partition coefficient (Wildman–Crippen LogP) is 4.96. The number of carbonyl (C=O) groups excluding carboxylic acids is 1. The van der Waals surface area contributed by atoms with Crippen molar-refractivity contribution in [1.29, 1.82) is 0 Å². The van der Waals surface area contributed by atoms with Gasteiger partial charge in [-0.2, -0.15) is 0 Å². The summed E-state index contributed by atoms with van der Waals surface area (Å²) >= 11 is 7.34. The number of amides is 1. The highest BCUT2D eigenvalue weighted by molar-refractivity contribution is 7.99. The third-order valence-electron chi connectivity index (χ3n) is 4.42. The Morgan fingerprint density at radius 2 is 1.90 bits per heavy atom. The van der Waals surface area contributed by atoms with E-state index in [1.807, 2.05) is 62.7 Å². The molecule has 0 spiro atoms. The Kier molecular flexibility index (Phi) is 6.82. The number of halogens is 1. The van der Waals surface area contributed by atoms with Gasteiger partial charge in [-0.3, -0.25) is 4.79 Å².